The van der Waals surface area contributed by atoms with Crippen molar-refractivity contribution in [2.24, 2.45) is 0 Å². The summed E-state index contributed by atoms with van der Waals surface area (Å²) >= 11 is 0. The lowest BCUT2D eigenvalue weighted by molar-refractivity contribution is -0.133. The van der Waals surface area contributed by atoms with Crippen molar-refractivity contribution in [2.45, 2.75) is 50.5 Å². The molecule has 1 rings (SSSR count). The Morgan fingerprint density at radius 3 is 2.58 bits per heavy atom. The lowest BCUT2D eigenvalue weighted by Crippen LogP contribution is -2.14. The lowest BCUT2D eigenvalue weighted by Gasteiger charge is -2.04. The second-order valence-electron chi connectivity index (χ2n) is 4.24. The first-order valence-electron chi connectivity index (χ1n) is 6.44. The molecule has 5 nitrogen and oxygen atoms in total. The van der Waals surface area contributed by atoms with Gasteiger partial charge in [0.25, 0.3) is 0 Å². The van der Waals surface area contributed by atoms with Crippen LogP contribution in [0.1, 0.15) is 45.4 Å². The Balaban J connectivity index is 2.40. The van der Waals surface area contributed by atoms with E-state index in [0.29, 0.717) is 6.42 Å². The molecule has 0 aliphatic rings. The SMILES string of the molecule is CCCCCCCC(=O)OS(=O)(=O)c1ccccn1. The van der Waals surface area contributed by atoms with Crippen LogP contribution in [0.4, 0.5) is 0 Å². The highest BCUT2D eigenvalue weighted by molar-refractivity contribution is 7.87. The fourth-order valence-corrected chi connectivity index (χ4v) is 2.42. The number of hydrogen-bond acceptors (Lipinski definition) is 5. The number of aromatic nitrogens is 1. The summed E-state index contributed by atoms with van der Waals surface area (Å²) in [5.41, 5.74) is 0. The normalized spacial score (nSPS) is 11.2. The molecule has 0 bridgehead atoms. The van der Waals surface area contributed by atoms with Gasteiger partial charge in [0.1, 0.15) is 0 Å². The number of pyridine rings is 1. The van der Waals surface area contributed by atoms with E-state index in [1.54, 1.807) is 6.07 Å². The van der Waals surface area contributed by atoms with Gasteiger partial charge in [-0.1, -0.05) is 38.7 Å². The predicted molar refractivity (Wildman–Crippen MR) is 70.9 cm³/mol. The van der Waals surface area contributed by atoms with Crippen LogP contribution in [0.25, 0.3) is 0 Å². The van der Waals surface area contributed by atoms with Crippen LogP contribution in [0.3, 0.4) is 0 Å². The van der Waals surface area contributed by atoms with E-state index in [2.05, 4.69) is 16.1 Å². The van der Waals surface area contributed by atoms with E-state index in [0.717, 1.165) is 25.7 Å². The third kappa shape index (κ3) is 5.83. The van der Waals surface area contributed by atoms with Crippen LogP contribution < -0.4 is 0 Å². The summed E-state index contributed by atoms with van der Waals surface area (Å²) in [6.45, 7) is 2.10. The fourth-order valence-electron chi connectivity index (χ4n) is 1.57. The molecule has 19 heavy (non-hydrogen) atoms. The largest absolute Gasteiger partial charge is 0.359 e. The van der Waals surface area contributed by atoms with Gasteiger partial charge in [0.05, 0.1) is 0 Å². The summed E-state index contributed by atoms with van der Waals surface area (Å²) in [6, 6.07) is 4.41. The summed E-state index contributed by atoms with van der Waals surface area (Å²) in [4.78, 5) is 15.1. The number of unbranched alkanes of at least 4 members (excludes halogenated alkanes) is 4. The maximum absolute atomic E-state index is 11.7. The van der Waals surface area contributed by atoms with Crippen LogP contribution in [-0.4, -0.2) is 19.4 Å². The number of nitrogens with zero attached hydrogens (tertiary/aromatic N) is 1. The zero-order valence-corrected chi connectivity index (χ0v) is 11.9. The third-order valence-electron chi connectivity index (χ3n) is 2.58. The highest BCUT2D eigenvalue weighted by atomic mass is 32.2. The molecule has 0 saturated heterocycles. The number of rotatable bonds is 8. The molecule has 106 valence electrons. The van der Waals surface area contributed by atoms with Crippen molar-refractivity contribution in [3.8, 4) is 0 Å². The molecular weight excluding hydrogens is 266 g/mol. The Morgan fingerprint density at radius 2 is 1.95 bits per heavy atom. The average molecular weight is 285 g/mol. The molecule has 1 aromatic heterocycles. The first-order chi connectivity index (χ1) is 9.06. The zero-order valence-electron chi connectivity index (χ0n) is 11.0. The molecule has 1 heterocycles. The van der Waals surface area contributed by atoms with Gasteiger partial charge in [0.2, 0.25) is 0 Å². The van der Waals surface area contributed by atoms with Gasteiger partial charge < -0.3 is 4.18 Å². The molecule has 0 aromatic carbocycles. The van der Waals surface area contributed by atoms with Gasteiger partial charge in [-0.25, -0.2) is 4.98 Å². The van der Waals surface area contributed by atoms with Crippen LogP contribution in [0.15, 0.2) is 29.4 Å². The molecule has 0 fully saturated rings. The maximum atomic E-state index is 11.7. The Bertz CT molecular complexity index is 485. The average Bonchev–Trinajstić information content (AvgIpc) is 2.39. The van der Waals surface area contributed by atoms with E-state index < -0.39 is 16.1 Å². The number of carbonyl (C=O) groups is 1. The van der Waals surface area contributed by atoms with Crippen molar-refractivity contribution in [3.63, 3.8) is 0 Å². The zero-order chi connectivity index (χ0) is 14.1. The molecule has 0 atom stereocenters. The molecule has 0 unspecified atom stereocenters. The topological polar surface area (TPSA) is 73.3 Å². The Kier molecular flexibility index (Phi) is 6.49. The van der Waals surface area contributed by atoms with Crippen molar-refractivity contribution >= 4 is 16.1 Å². The standard InChI is InChI=1S/C13H19NO4S/c1-2-3-4-5-6-10-13(15)18-19(16,17)12-9-7-8-11-14-12/h7-9,11H,2-6,10H2,1H3. The molecule has 0 radical (unpaired) electrons. The Labute approximate surface area is 114 Å². The first-order valence-corrected chi connectivity index (χ1v) is 7.85. The third-order valence-corrected chi connectivity index (χ3v) is 3.74. The maximum Gasteiger partial charge on any atom is 0.359 e. The van der Waals surface area contributed by atoms with Gasteiger partial charge >= 0.3 is 16.1 Å². The van der Waals surface area contributed by atoms with Gasteiger partial charge in [-0.15, -0.1) is 0 Å². The van der Waals surface area contributed by atoms with Crippen LogP contribution in [0, 0.1) is 0 Å². The van der Waals surface area contributed by atoms with Gasteiger partial charge in [-0.2, -0.15) is 8.42 Å². The number of carbonyl (C=O) groups excluding carboxylic acids is 1. The fraction of sp³-hybridized carbons (Fsp3) is 0.538. The molecule has 0 aliphatic heterocycles. The highest BCUT2D eigenvalue weighted by Gasteiger charge is 2.20. The van der Waals surface area contributed by atoms with Gasteiger partial charge in [0, 0.05) is 12.6 Å². The van der Waals surface area contributed by atoms with Gasteiger partial charge in [0.15, 0.2) is 5.03 Å². The van der Waals surface area contributed by atoms with Crippen molar-refractivity contribution < 1.29 is 17.4 Å². The van der Waals surface area contributed by atoms with Gasteiger partial charge in [-0.3, -0.25) is 4.79 Å². The van der Waals surface area contributed by atoms with E-state index in [1.807, 2.05) is 0 Å². The van der Waals surface area contributed by atoms with E-state index in [9.17, 15) is 13.2 Å². The van der Waals surface area contributed by atoms with Crippen molar-refractivity contribution in [1.82, 2.24) is 4.98 Å². The monoisotopic (exact) mass is 285 g/mol. The second-order valence-corrected chi connectivity index (χ2v) is 5.73. The van der Waals surface area contributed by atoms with Crippen molar-refractivity contribution in [1.29, 1.82) is 0 Å². The summed E-state index contributed by atoms with van der Waals surface area (Å²) in [6.07, 6.45) is 6.32. The lowest BCUT2D eigenvalue weighted by atomic mass is 10.1. The van der Waals surface area contributed by atoms with E-state index in [4.69, 9.17) is 0 Å². The summed E-state index contributed by atoms with van der Waals surface area (Å²) < 4.78 is 27.8. The minimum absolute atomic E-state index is 0.121. The first kappa shape index (κ1) is 15.6. The second kappa shape index (κ2) is 7.89. The molecule has 6 heteroatoms. The van der Waals surface area contributed by atoms with Gasteiger partial charge in [-0.05, 0) is 18.6 Å². The summed E-state index contributed by atoms with van der Waals surface area (Å²) in [5.74, 6) is -0.720. The van der Waals surface area contributed by atoms with Crippen LogP contribution in [0.2, 0.25) is 0 Å². The predicted octanol–water partition coefficient (Wildman–Crippen LogP) is 2.67. The highest BCUT2D eigenvalue weighted by Crippen LogP contribution is 2.11. The minimum Gasteiger partial charge on any atom is -0.341 e. The Hall–Kier alpha value is -1.43. The Morgan fingerprint density at radius 1 is 1.21 bits per heavy atom. The number of hydrogen-bond donors (Lipinski definition) is 0. The van der Waals surface area contributed by atoms with Crippen molar-refractivity contribution in [3.05, 3.63) is 24.4 Å². The molecule has 0 aliphatic carbocycles. The van der Waals surface area contributed by atoms with Crippen LogP contribution >= 0.6 is 0 Å². The van der Waals surface area contributed by atoms with Crippen molar-refractivity contribution in [2.75, 3.05) is 0 Å². The van der Waals surface area contributed by atoms with E-state index in [-0.39, 0.29) is 11.4 Å². The molecular formula is C13H19NO4S. The van der Waals surface area contributed by atoms with Crippen LogP contribution in [-0.2, 0) is 19.1 Å². The van der Waals surface area contributed by atoms with E-state index >= 15 is 0 Å². The smallest absolute Gasteiger partial charge is 0.341 e. The molecule has 0 spiro atoms. The minimum atomic E-state index is -4.07. The quantitative estimate of drug-likeness (QED) is 0.542. The summed E-state index contributed by atoms with van der Waals surface area (Å²) in [5, 5.41) is -0.241. The van der Waals surface area contributed by atoms with Crippen LogP contribution in [0.5, 0.6) is 0 Å². The molecule has 0 N–H and O–H groups in total. The molecule has 0 saturated carbocycles. The molecule has 0 amide bonds. The molecule has 1 aromatic rings. The summed E-state index contributed by atoms with van der Waals surface area (Å²) in [7, 11) is -4.07. The van der Waals surface area contributed by atoms with E-state index in [1.165, 1.54) is 18.3 Å².